The van der Waals surface area contributed by atoms with Gasteiger partial charge in [-0.1, -0.05) is 0 Å². The molecule has 0 unspecified atom stereocenters. The van der Waals surface area contributed by atoms with E-state index in [0.717, 1.165) is 6.54 Å². The van der Waals surface area contributed by atoms with Crippen LogP contribution < -0.4 is 0 Å². The molecular weight excluding hydrogens is 114 g/mol. The summed E-state index contributed by atoms with van der Waals surface area (Å²) in [5, 5.41) is 0. The summed E-state index contributed by atoms with van der Waals surface area (Å²) < 4.78 is 4.60. The quantitative estimate of drug-likeness (QED) is 0.466. The Kier molecular flexibility index (Phi) is 3.42. The maximum atomic E-state index is 4.60. The highest BCUT2D eigenvalue weighted by Gasteiger charge is 1.76. The number of hydrogen-bond donors (Lipinski definition) is 0. The SMILES string of the molecule is C1=COC=NC1.Cl. The van der Waals surface area contributed by atoms with Gasteiger partial charge in [0, 0.05) is 0 Å². The molecule has 1 aliphatic rings. The molecule has 0 aliphatic carbocycles. The minimum Gasteiger partial charge on any atom is -0.454 e. The van der Waals surface area contributed by atoms with Crippen molar-refractivity contribution >= 4 is 18.8 Å². The lowest BCUT2D eigenvalue weighted by Crippen LogP contribution is -1.84. The molecule has 1 heterocycles. The van der Waals surface area contributed by atoms with Gasteiger partial charge in [0.1, 0.15) is 0 Å². The van der Waals surface area contributed by atoms with Crippen molar-refractivity contribution in [3.8, 4) is 0 Å². The molecule has 1 rings (SSSR count). The highest BCUT2D eigenvalue weighted by atomic mass is 35.5. The van der Waals surface area contributed by atoms with Crippen LogP contribution in [0.3, 0.4) is 0 Å². The molecule has 0 saturated heterocycles. The number of halogens is 1. The Hall–Kier alpha value is -0.500. The molecule has 0 fully saturated rings. The summed E-state index contributed by atoms with van der Waals surface area (Å²) in [6, 6.07) is 0. The Morgan fingerprint density at radius 3 is 2.57 bits per heavy atom. The fourth-order valence-electron chi connectivity index (χ4n) is 0.281. The zero-order valence-corrected chi connectivity index (χ0v) is 4.52. The van der Waals surface area contributed by atoms with E-state index >= 15 is 0 Å². The minimum absolute atomic E-state index is 0. The molecule has 0 bridgehead atoms. The maximum absolute atomic E-state index is 4.60. The first kappa shape index (κ1) is 6.50. The second-order valence-corrected chi connectivity index (χ2v) is 0.978. The van der Waals surface area contributed by atoms with E-state index in [-0.39, 0.29) is 12.4 Å². The Morgan fingerprint density at radius 1 is 1.57 bits per heavy atom. The summed E-state index contributed by atoms with van der Waals surface area (Å²) in [4.78, 5) is 3.74. The summed E-state index contributed by atoms with van der Waals surface area (Å²) in [5.41, 5.74) is 0. The summed E-state index contributed by atoms with van der Waals surface area (Å²) in [7, 11) is 0. The van der Waals surface area contributed by atoms with Crippen LogP contribution in [0.25, 0.3) is 0 Å². The molecule has 0 radical (unpaired) electrons. The van der Waals surface area contributed by atoms with Gasteiger partial charge in [-0.15, -0.1) is 12.4 Å². The van der Waals surface area contributed by atoms with Crippen molar-refractivity contribution < 1.29 is 4.74 Å². The molecule has 3 heteroatoms. The molecule has 40 valence electrons. The molecule has 0 aromatic heterocycles. The summed E-state index contributed by atoms with van der Waals surface area (Å²) >= 11 is 0. The van der Waals surface area contributed by atoms with Crippen LogP contribution in [0, 0.1) is 0 Å². The van der Waals surface area contributed by atoms with E-state index in [1.54, 1.807) is 6.26 Å². The molecule has 7 heavy (non-hydrogen) atoms. The minimum atomic E-state index is 0. The maximum Gasteiger partial charge on any atom is 0.176 e. The molecule has 0 aromatic carbocycles. The monoisotopic (exact) mass is 119 g/mol. The molecular formula is C4H6ClNO. The Labute approximate surface area is 48.3 Å². The smallest absolute Gasteiger partial charge is 0.176 e. The van der Waals surface area contributed by atoms with E-state index in [1.807, 2.05) is 6.08 Å². The molecule has 0 atom stereocenters. The van der Waals surface area contributed by atoms with Gasteiger partial charge >= 0.3 is 0 Å². The normalized spacial score (nSPS) is 14.9. The molecule has 0 spiro atoms. The predicted molar refractivity (Wildman–Crippen MR) is 30.8 cm³/mol. The van der Waals surface area contributed by atoms with Gasteiger partial charge < -0.3 is 4.74 Å². The van der Waals surface area contributed by atoms with Crippen molar-refractivity contribution in [3.05, 3.63) is 12.3 Å². The molecule has 0 amide bonds. The average molecular weight is 120 g/mol. The summed E-state index contributed by atoms with van der Waals surface area (Å²) in [6.07, 6.45) is 4.90. The van der Waals surface area contributed by atoms with Crippen LogP contribution >= 0.6 is 12.4 Å². The number of nitrogens with zero attached hydrogens (tertiary/aromatic N) is 1. The Bertz CT molecular complexity index is 69.7. The third-order valence-electron chi connectivity index (χ3n) is 0.521. The molecule has 0 aromatic rings. The van der Waals surface area contributed by atoms with Crippen molar-refractivity contribution in [2.24, 2.45) is 4.99 Å². The molecule has 0 N–H and O–H groups in total. The van der Waals surface area contributed by atoms with Crippen LogP contribution in [0.5, 0.6) is 0 Å². The topological polar surface area (TPSA) is 21.6 Å². The van der Waals surface area contributed by atoms with E-state index in [4.69, 9.17) is 0 Å². The van der Waals surface area contributed by atoms with Crippen LogP contribution in [0.4, 0.5) is 0 Å². The zero-order chi connectivity index (χ0) is 4.24. The largest absolute Gasteiger partial charge is 0.454 e. The summed E-state index contributed by atoms with van der Waals surface area (Å²) in [6.45, 7) is 0.764. The van der Waals surface area contributed by atoms with Crippen molar-refractivity contribution in [1.29, 1.82) is 0 Å². The van der Waals surface area contributed by atoms with E-state index in [9.17, 15) is 0 Å². The van der Waals surface area contributed by atoms with Crippen LogP contribution in [0.1, 0.15) is 0 Å². The lowest BCUT2D eigenvalue weighted by atomic mass is 10.6. The number of aliphatic imine (C=N–C) groups is 1. The van der Waals surface area contributed by atoms with Gasteiger partial charge in [0.05, 0.1) is 12.8 Å². The van der Waals surface area contributed by atoms with Crippen LogP contribution in [0.15, 0.2) is 17.3 Å². The first-order valence-electron chi connectivity index (χ1n) is 1.79. The Morgan fingerprint density at radius 2 is 2.43 bits per heavy atom. The van der Waals surface area contributed by atoms with Gasteiger partial charge in [-0.2, -0.15) is 0 Å². The van der Waals surface area contributed by atoms with E-state index in [2.05, 4.69) is 9.73 Å². The third kappa shape index (κ3) is 2.23. The zero-order valence-electron chi connectivity index (χ0n) is 3.70. The van der Waals surface area contributed by atoms with Crippen LogP contribution in [-0.4, -0.2) is 12.9 Å². The van der Waals surface area contributed by atoms with E-state index in [0.29, 0.717) is 0 Å². The standard InChI is InChI=1S/C4H5NO.ClH/c1-2-5-4-6-3-1;/h1,3-4H,2H2;1H. The first-order chi connectivity index (χ1) is 3.00. The third-order valence-corrected chi connectivity index (χ3v) is 0.521. The summed E-state index contributed by atoms with van der Waals surface area (Å²) in [5.74, 6) is 0. The predicted octanol–water partition coefficient (Wildman–Crippen LogP) is 0.980. The van der Waals surface area contributed by atoms with Gasteiger partial charge in [0.25, 0.3) is 0 Å². The second kappa shape index (κ2) is 3.68. The lowest BCUT2D eigenvalue weighted by Gasteiger charge is -1.91. The highest BCUT2D eigenvalue weighted by Crippen LogP contribution is 1.81. The van der Waals surface area contributed by atoms with Crippen molar-refractivity contribution in [2.75, 3.05) is 6.54 Å². The number of ether oxygens (including phenoxy) is 1. The van der Waals surface area contributed by atoms with Gasteiger partial charge in [0.15, 0.2) is 6.40 Å². The van der Waals surface area contributed by atoms with Gasteiger partial charge in [0.2, 0.25) is 0 Å². The molecule has 0 saturated carbocycles. The molecule has 2 nitrogen and oxygen atoms in total. The van der Waals surface area contributed by atoms with Gasteiger partial charge in [-0.25, -0.2) is 0 Å². The van der Waals surface area contributed by atoms with Gasteiger partial charge in [-0.05, 0) is 6.08 Å². The number of rotatable bonds is 0. The van der Waals surface area contributed by atoms with Crippen molar-refractivity contribution in [2.45, 2.75) is 0 Å². The fraction of sp³-hybridized carbons (Fsp3) is 0.250. The van der Waals surface area contributed by atoms with Gasteiger partial charge in [-0.3, -0.25) is 4.99 Å². The van der Waals surface area contributed by atoms with Crippen molar-refractivity contribution in [3.63, 3.8) is 0 Å². The Balaban J connectivity index is 0.000000360. The average Bonchev–Trinajstić information content (AvgIpc) is 1.72. The molecule has 1 aliphatic heterocycles. The number of hydrogen-bond acceptors (Lipinski definition) is 2. The first-order valence-corrected chi connectivity index (χ1v) is 1.79. The van der Waals surface area contributed by atoms with E-state index < -0.39 is 0 Å². The van der Waals surface area contributed by atoms with Crippen molar-refractivity contribution in [1.82, 2.24) is 0 Å². The fourth-order valence-corrected chi connectivity index (χ4v) is 0.281. The lowest BCUT2D eigenvalue weighted by molar-refractivity contribution is 0.482. The highest BCUT2D eigenvalue weighted by molar-refractivity contribution is 5.85. The second-order valence-electron chi connectivity index (χ2n) is 0.978. The van der Waals surface area contributed by atoms with Crippen LogP contribution in [0.2, 0.25) is 0 Å². The van der Waals surface area contributed by atoms with E-state index in [1.165, 1.54) is 6.40 Å². The van der Waals surface area contributed by atoms with Crippen LogP contribution in [-0.2, 0) is 4.74 Å².